The highest BCUT2D eigenvalue weighted by Crippen LogP contribution is 2.34. The third-order valence-corrected chi connectivity index (χ3v) is 6.82. The van der Waals surface area contributed by atoms with Gasteiger partial charge in [-0.15, -0.1) is 21.0 Å². The number of thioether (sulfide) groups is 1. The third kappa shape index (κ3) is 6.81. The summed E-state index contributed by atoms with van der Waals surface area (Å²) in [5.74, 6) is 0.577. The second-order valence-electron chi connectivity index (χ2n) is 8.30. The molecule has 1 aliphatic heterocycles. The highest BCUT2D eigenvalue weighted by atomic mass is 32.2. The molecule has 0 radical (unpaired) electrons. The highest BCUT2D eigenvalue weighted by Gasteiger charge is 2.30. The number of amides is 1. The average molecular weight is 491 g/mol. The van der Waals surface area contributed by atoms with Crippen LogP contribution in [0.25, 0.3) is 0 Å². The minimum Gasteiger partial charge on any atom is -0.384 e. The quantitative estimate of drug-likeness (QED) is 0.295. The summed E-state index contributed by atoms with van der Waals surface area (Å²) in [6, 6.07) is 6.99. The van der Waals surface area contributed by atoms with E-state index in [1.807, 2.05) is 19.0 Å². The highest BCUT2D eigenvalue weighted by molar-refractivity contribution is 8.03. The number of nitrogens with zero attached hydrogens (tertiary/aromatic N) is 4. The van der Waals surface area contributed by atoms with Gasteiger partial charge in [0.15, 0.2) is 0 Å². The van der Waals surface area contributed by atoms with Gasteiger partial charge >= 0.3 is 0 Å². The van der Waals surface area contributed by atoms with Crippen molar-refractivity contribution in [2.24, 2.45) is 0 Å². The van der Waals surface area contributed by atoms with Crippen molar-refractivity contribution in [2.45, 2.75) is 37.6 Å². The number of hydrogen-bond acceptors (Lipinski definition) is 7. The van der Waals surface area contributed by atoms with Gasteiger partial charge in [0.2, 0.25) is 5.95 Å². The number of nitrogen functional groups attached to an aromatic ring is 1. The van der Waals surface area contributed by atoms with Crippen LogP contribution >= 0.6 is 21.0 Å². The first kappa shape index (κ1) is 25.2. The van der Waals surface area contributed by atoms with Crippen LogP contribution in [0, 0.1) is 5.95 Å². The van der Waals surface area contributed by atoms with Crippen LogP contribution in [0.1, 0.15) is 31.7 Å². The van der Waals surface area contributed by atoms with E-state index in [0.717, 1.165) is 25.1 Å². The van der Waals surface area contributed by atoms with Gasteiger partial charge in [-0.1, -0.05) is 6.92 Å². The van der Waals surface area contributed by atoms with Crippen LogP contribution in [0.3, 0.4) is 0 Å². The molecule has 2 aromatic rings. The van der Waals surface area contributed by atoms with E-state index in [1.54, 1.807) is 35.4 Å². The standard InChI is InChI=1S/C23H32FN6OPS/c1-15(32)5-4-10-27-20-7-6-16(22(24)28-20)14-33-21-18(29(2)3)9-12-30(23(21)31)17-8-11-26-19(25)13-17/h6-8,11,13,15H,4-5,9-10,12,14,32H2,1-3H3,(H2,25,26)(H,27,28). The summed E-state index contributed by atoms with van der Waals surface area (Å²) in [6.45, 7) is 3.45. The largest absolute Gasteiger partial charge is 0.384 e. The Morgan fingerprint density at radius 2 is 2.15 bits per heavy atom. The average Bonchev–Trinajstić information content (AvgIpc) is 2.76. The van der Waals surface area contributed by atoms with Crippen LogP contribution in [-0.2, 0) is 10.5 Å². The molecule has 0 bridgehead atoms. The zero-order chi connectivity index (χ0) is 24.0. The van der Waals surface area contributed by atoms with Crippen molar-refractivity contribution in [1.29, 1.82) is 0 Å². The van der Waals surface area contributed by atoms with Crippen molar-refractivity contribution in [3.63, 3.8) is 0 Å². The molecular weight excluding hydrogens is 458 g/mol. The molecule has 178 valence electrons. The SMILES string of the molecule is CC(P)CCCNc1ccc(CSC2=C(N(C)C)CCN(c3ccnc(N)c3)C2=O)c(F)n1. The van der Waals surface area contributed by atoms with Gasteiger partial charge in [0.1, 0.15) is 11.6 Å². The molecule has 0 saturated carbocycles. The number of carbonyl (C=O) groups is 1. The summed E-state index contributed by atoms with van der Waals surface area (Å²) < 4.78 is 14.7. The number of hydrogen-bond donors (Lipinski definition) is 2. The van der Waals surface area contributed by atoms with Gasteiger partial charge in [-0.3, -0.25) is 4.79 Å². The molecule has 2 atom stereocenters. The molecule has 0 fully saturated rings. The predicted molar refractivity (Wildman–Crippen MR) is 139 cm³/mol. The van der Waals surface area contributed by atoms with Crippen molar-refractivity contribution >= 4 is 44.2 Å². The fraction of sp³-hybridized carbons (Fsp3) is 0.435. The summed E-state index contributed by atoms with van der Waals surface area (Å²) in [4.78, 5) is 25.7. The van der Waals surface area contributed by atoms with Crippen molar-refractivity contribution in [3.05, 3.63) is 52.6 Å². The molecule has 0 aliphatic carbocycles. The summed E-state index contributed by atoms with van der Waals surface area (Å²) in [7, 11) is 6.62. The number of nitrogens with one attached hydrogen (secondary N) is 1. The fourth-order valence-corrected chi connectivity index (χ4v) is 5.00. The van der Waals surface area contributed by atoms with Crippen LogP contribution in [-0.4, -0.2) is 53.6 Å². The minimum absolute atomic E-state index is 0.115. The fourth-order valence-electron chi connectivity index (χ4n) is 3.56. The second-order valence-corrected chi connectivity index (χ2v) is 10.4. The molecule has 3 rings (SSSR count). The zero-order valence-electron chi connectivity index (χ0n) is 19.3. The second kappa shape index (κ2) is 11.7. The molecule has 0 saturated heterocycles. The van der Waals surface area contributed by atoms with E-state index >= 15 is 0 Å². The Hall–Kier alpha value is -2.38. The van der Waals surface area contributed by atoms with Gasteiger partial charge in [0.25, 0.3) is 5.91 Å². The Kier molecular flexibility index (Phi) is 8.92. The normalized spacial score (nSPS) is 15.1. The Morgan fingerprint density at radius 3 is 2.82 bits per heavy atom. The Balaban J connectivity index is 1.70. The van der Waals surface area contributed by atoms with Gasteiger partial charge in [0.05, 0.1) is 4.91 Å². The number of carbonyl (C=O) groups excluding carboxylic acids is 1. The lowest BCUT2D eigenvalue weighted by Crippen LogP contribution is -2.39. The Bertz CT molecular complexity index is 1020. The summed E-state index contributed by atoms with van der Waals surface area (Å²) in [5, 5.41) is 3.17. The molecule has 2 aromatic heterocycles. The van der Waals surface area contributed by atoms with Gasteiger partial charge < -0.3 is 20.9 Å². The molecule has 7 nitrogen and oxygen atoms in total. The minimum atomic E-state index is -0.513. The molecule has 33 heavy (non-hydrogen) atoms. The van der Waals surface area contributed by atoms with Crippen molar-refractivity contribution < 1.29 is 9.18 Å². The van der Waals surface area contributed by atoms with E-state index in [0.29, 0.717) is 52.2 Å². The van der Waals surface area contributed by atoms with Crippen LogP contribution in [0.15, 0.2) is 41.1 Å². The Labute approximate surface area is 201 Å². The first-order valence-electron chi connectivity index (χ1n) is 11.0. The number of nitrogens with two attached hydrogens (primary N) is 1. The third-order valence-electron chi connectivity index (χ3n) is 5.33. The molecule has 0 aromatic carbocycles. The maximum absolute atomic E-state index is 14.7. The number of aromatic nitrogens is 2. The smallest absolute Gasteiger partial charge is 0.266 e. The van der Waals surface area contributed by atoms with Crippen LogP contribution in [0.2, 0.25) is 0 Å². The predicted octanol–water partition coefficient (Wildman–Crippen LogP) is 4.10. The van der Waals surface area contributed by atoms with E-state index in [2.05, 4.69) is 31.4 Å². The molecule has 1 aliphatic rings. The van der Waals surface area contributed by atoms with E-state index in [9.17, 15) is 9.18 Å². The van der Waals surface area contributed by atoms with Crippen molar-refractivity contribution in [3.8, 4) is 0 Å². The van der Waals surface area contributed by atoms with E-state index in [-0.39, 0.29) is 5.91 Å². The van der Waals surface area contributed by atoms with Crippen LogP contribution in [0.5, 0.6) is 0 Å². The maximum atomic E-state index is 14.7. The maximum Gasteiger partial charge on any atom is 0.266 e. The number of pyridine rings is 2. The number of rotatable bonds is 10. The van der Waals surface area contributed by atoms with Crippen LogP contribution in [0.4, 0.5) is 21.7 Å². The van der Waals surface area contributed by atoms with E-state index < -0.39 is 5.95 Å². The zero-order valence-corrected chi connectivity index (χ0v) is 21.3. The lowest BCUT2D eigenvalue weighted by molar-refractivity contribution is -0.114. The molecule has 2 unspecified atom stereocenters. The van der Waals surface area contributed by atoms with Gasteiger partial charge in [-0.2, -0.15) is 4.39 Å². The van der Waals surface area contributed by atoms with E-state index in [1.165, 1.54) is 11.8 Å². The molecule has 3 heterocycles. The van der Waals surface area contributed by atoms with Gasteiger partial charge in [-0.25, -0.2) is 9.97 Å². The van der Waals surface area contributed by atoms with E-state index in [4.69, 9.17) is 5.73 Å². The molecular formula is C23H32FN6OPS. The molecule has 10 heteroatoms. The monoisotopic (exact) mass is 490 g/mol. The lowest BCUT2D eigenvalue weighted by atomic mass is 10.1. The van der Waals surface area contributed by atoms with Gasteiger partial charge in [0, 0.05) is 68.6 Å². The first-order chi connectivity index (χ1) is 15.8. The summed E-state index contributed by atoms with van der Waals surface area (Å²) in [6.07, 6.45) is 4.36. The number of halogens is 1. The Morgan fingerprint density at radius 1 is 1.36 bits per heavy atom. The number of anilines is 3. The summed E-state index contributed by atoms with van der Waals surface area (Å²) >= 11 is 1.34. The molecule has 3 N–H and O–H groups in total. The van der Waals surface area contributed by atoms with Gasteiger partial charge in [-0.05, 0) is 36.7 Å². The first-order valence-corrected chi connectivity index (χ1v) is 12.6. The molecule has 1 amide bonds. The van der Waals surface area contributed by atoms with Crippen molar-refractivity contribution in [2.75, 3.05) is 43.1 Å². The summed E-state index contributed by atoms with van der Waals surface area (Å²) in [5.41, 5.74) is 8.49. The lowest BCUT2D eigenvalue weighted by Gasteiger charge is -2.33. The van der Waals surface area contributed by atoms with Crippen molar-refractivity contribution in [1.82, 2.24) is 14.9 Å². The molecule has 0 spiro atoms. The van der Waals surface area contributed by atoms with Crippen LogP contribution < -0.4 is 16.0 Å². The topological polar surface area (TPSA) is 87.4 Å².